The average Bonchev–Trinajstić information content (AvgIpc) is 2.41. The highest BCUT2D eigenvalue weighted by molar-refractivity contribution is 5.76. The lowest BCUT2D eigenvalue weighted by Gasteiger charge is -2.18. The molecule has 1 amide bonds. The summed E-state index contributed by atoms with van der Waals surface area (Å²) in [4.78, 5) is 11.8. The quantitative estimate of drug-likeness (QED) is 0.775. The number of amides is 1. The molecular formula is C16H24F2N2O. The molecule has 0 aromatic heterocycles. The first-order chi connectivity index (χ1) is 9.92. The Balaban J connectivity index is 2.34. The molecule has 1 rings (SSSR count). The third-order valence-corrected chi connectivity index (χ3v) is 3.26. The van der Waals surface area contributed by atoms with Gasteiger partial charge in [0.05, 0.1) is 0 Å². The number of hydrogen-bond donors (Lipinski definition) is 2. The predicted molar refractivity (Wildman–Crippen MR) is 79.7 cm³/mol. The van der Waals surface area contributed by atoms with Crippen LogP contribution in [-0.2, 0) is 11.2 Å². The Kier molecular flexibility index (Phi) is 7.29. The topological polar surface area (TPSA) is 55.1 Å². The molecule has 1 aromatic carbocycles. The van der Waals surface area contributed by atoms with Crippen molar-refractivity contribution in [1.82, 2.24) is 5.32 Å². The molecular weight excluding hydrogens is 274 g/mol. The van der Waals surface area contributed by atoms with Crippen LogP contribution in [-0.4, -0.2) is 18.5 Å². The summed E-state index contributed by atoms with van der Waals surface area (Å²) in [6.07, 6.45) is 2.34. The molecule has 1 aromatic rings. The molecule has 0 aliphatic heterocycles. The van der Waals surface area contributed by atoms with Gasteiger partial charge in [0.15, 0.2) is 11.6 Å². The molecule has 0 aliphatic carbocycles. The minimum absolute atomic E-state index is 0.000709. The van der Waals surface area contributed by atoms with Crippen molar-refractivity contribution in [1.29, 1.82) is 0 Å². The summed E-state index contributed by atoms with van der Waals surface area (Å²) < 4.78 is 25.8. The monoisotopic (exact) mass is 298 g/mol. The van der Waals surface area contributed by atoms with E-state index < -0.39 is 11.6 Å². The van der Waals surface area contributed by atoms with Gasteiger partial charge in [-0.2, -0.15) is 0 Å². The van der Waals surface area contributed by atoms with Gasteiger partial charge in [-0.1, -0.05) is 19.9 Å². The highest BCUT2D eigenvalue weighted by Crippen LogP contribution is 2.11. The summed E-state index contributed by atoms with van der Waals surface area (Å²) in [6, 6.07) is 3.82. The van der Waals surface area contributed by atoms with Gasteiger partial charge in [-0.25, -0.2) is 8.78 Å². The molecule has 1 atom stereocenters. The molecule has 0 spiro atoms. The van der Waals surface area contributed by atoms with Crippen molar-refractivity contribution >= 4 is 5.91 Å². The Morgan fingerprint density at radius 2 is 2.00 bits per heavy atom. The highest BCUT2D eigenvalue weighted by Gasteiger charge is 2.12. The summed E-state index contributed by atoms with van der Waals surface area (Å²) >= 11 is 0. The van der Waals surface area contributed by atoms with Gasteiger partial charge in [-0.15, -0.1) is 0 Å². The first-order valence-corrected chi connectivity index (χ1v) is 7.35. The largest absolute Gasteiger partial charge is 0.352 e. The predicted octanol–water partition coefficient (Wildman–Crippen LogP) is 2.78. The van der Waals surface area contributed by atoms with Crippen LogP contribution in [0.4, 0.5) is 8.78 Å². The van der Waals surface area contributed by atoms with Crippen molar-refractivity contribution in [2.45, 2.75) is 45.6 Å². The molecule has 3 N–H and O–H groups in total. The van der Waals surface area contributed by atoms with Gasteiger partial charge in [0, 0.05) is 19.0 Å². The zero-order chi connectivity index (χ0) is 15.8. The number of rotatable bonds is 8. The summed E-state index contributed by atoms with van der Waals surface area (Å²) in [5, 5.41) is 2.91. The lowest BCUT2D eigenvalue weighted by Crippen LogP contribution is -2.40. The molecule has 0 radical (unpaired) electrons. The second-order valence-electron chi connectivity index (χ2n) is 5.73. The van der Waals surface area contributed by atoms with Crippen LogP contribution in [0, 0.1) is 17.6 Å². The normalized spacial score (nSPS) is 12.5. The van der Waals surface area contributed by atoms with E-state index in [0.29, 0.717) is 37.3 Å². The fourth-order valence-corrected chi connectivity index (χ4v) is 2.23. The molecule has 0 bridgehead atoms. The van der Waals surface area contributed by atoms with E-state index in [1.807, 2.05) is 0 Å². The molecule has 118 valence electrons. The maximum absolute atomic E-state index is 13.0. The van der Waals surface area contributed by atoms with E-state index in [9.17, 15) is 13.6 Å². The van der Waals surface area contributed by atoms with Crippen LogP contribution in [0.15, 0.2) is 18.2 Å². The Hall–Kier alpha value is -1.49. The zero-order valence-electron chi connectivity index (χ0n) is 12.7. The lowest BCUT2D eigenvalue weighted by atomic mass is 10.0. The van der Waals surface area contributed by atoms with Crippen LogP contribution in [0.3, 0.4) is 0 Å². The first-order valence-electron chi connectivity index (χ1n) is 7.35. The van der Waals surface area contributed by atoms with Gasteiger partial charge < -0.3 is 11.1 Å². The Labute approximate surface area is 124 Å². The zero-order valence-corrected chi connectivity index (χ0v) is 12.7. The van der Waals surface area contributed by atoms with E-state index in [0.717, 1.165) is 12.5 Å². The summed E-state index contributed by atoms with van der Waals surface area (Å²) in [6.45, 7) is 4.59. The van der Waals surface area contributed by atoms with E-state index in [1.54, 1.807) is 0 Å². The van der Waals surface area contributed by atoms with E-state index in [1.165, 1.54) is 12.1 Å². The second kappa shape index (κ2) is 8.72. The fraction of sp³-hybridized carbons (Fsp3) is 0.562. The van der Waals surface area contributed by atoms with Gasteiger partial charge in [-0.3, -0.25) is 4.79 Å². The van der Waals surface area contributed by atoms with Crippen molar-refractivity contribution in [3.63, 3.8) is 0 Å². The number of aryl methyl sites for hydroxylation is 1. The van der Waals surface area contributed by atoms with Crippen LogP contribution < -0.4 is 11.1 Å². The van der Waals surface area contributed by atoms with Crippen molar-refractivity contribution in [2.24, 2.45) is 11.7 Å². The van der Waals surface area contributed by atoms with Gasteiger partial charge in [0.2, 0.25) is 5.91 Å². The summed E-state index contributed by atoms with van der Waals surface area (Å²) in [5.74, 6) is -1.28. The van der Waals surface area contributed by atoms with Crippen molar-refractivity contribution in [2.75, 3.05) is 6.54 Å². The number of hydrogen-bond acceptors (Lipinski definition) is 2. The van der Waals surface area contributed by atoms with Gasteiger partial charge in [0.1, 0.15) is 0 Å². The van der Waals surface area contributed by atoms with E-state index in [4.69, 9.17) is 5.73 Å². The smallest absolute Gasteiger partial charge is 0.220 e. The van der Waals surface area contributed by atoms with Gasteiger partial charge in [-0.05, 0) is 42.9 Å². The first kappa shape index (κ1) is 17.6. The maximum atomic E-state index is 13.0. The highest BCUT2D eigenvalue weighted by atomic mass is 19.2. The molecule has 0 aliphatic rings. The van der Waals surface area contributed by atoms with E-state index in [-0.39, 0.29) is 11.9 Å². The number of benzene rings is 1. The fourth-order valence-electron chi connectivity index (χ4n) is 2.23. The van der Waals surface area contributed by atoms with Crippen LogP contribution >= 0.6 is 0 Å². The molecule has 3 nitrogen and oxygen atoms in total. The summed E-state index contributed by atoms with van der Waals surface area (Å²) in [5.41, 5.74) is 6.32. The van der Waals surface area contributed by atoms with Gasteiger partial charge in [0.25, 0.3) is 0 Å². The van der Waals surface area contributed by atoms with E-state index >= 15 is 0 Å². The molecule has 0 saturated heterocycles. The third-order valence-electron chi connectivity index (χ3n) is 3.26. The molecule has 0 saturated carbocycles. The number of nitrogens with two attached hydrogens (primary N) is 1. The second-order valence-corrected chi connectivity index (χ2v) is 5.73. The molecule has 0 fully saturated rings. The minimum Gasteiger partial charge on any atom is -0.352 e. The van der Waals surface area contributed by atoms with Crippen molar-refractivity contribution < 1.29 is 13.6 Å². The Bertz CT molecular complexity index is 464. The van der Waals surface area contributed by atoms with Crippen LogP contribution in [0.25, 0.3) is 0 Å². The Morgan fingerprint density at radius 1 is 1.29 bits per heavy atom. The lowest BCUT2D eigenvalue weighted by molar-refractivity contribution is -0.121. The van der Waals surface area contributed by atoms with Gasteiger partial charge >= 0.3 is 0 Å². The number of nitrogens with one attached hydrogen (secondary N) is 1. The standard InChI is InChI=1S/C16H24F2N2O/c1-11(2)8-13(10-19)20-16(21)5-3-4-12-6-7-14(17)15(18)9-12/h6-7,9,11,13H,3-5,8,10,19H2,1-2H3,(H,20,21). The Morgan fingerprint density at radius 3 is 2.57 bits per heavy atom. The maximum Gasteiger partial charge on any atom is 0.220 e. The molecule has 5 heteroatoms. The van der Waals surface area contributed by atoms with Crippen molar-refractivity contribution in [3.8, 4) is 0 Å². The average molecular weight is 298 g/mol. The SMILES string of the molecule is CC(C)CC(CN)NC(=O)CCCc1ccc(F)c(F)c1. The number of carbonyl (C=O) groups excluding carboxylic acids is 1. The van der Waals surface area contributed by atoms with Crippen LogP contribution in [0.1, 0.15) is 38.7 Å². The summed E-state index contributed by atoms with van der Waals surface area (Å²) in [7, 11) is 0. The van der Waals surface area contributed by atoms with E-state index in [2.05, 4.69) is 19.2 Å². The number of halogens is 2. The molecule has 1 unspecified atom stereocenters. The number of carbonyl (C=O) groups is 1. The molecule has 0 heterocycles. The van der Waals surface area contributed by atoms with Crippen LogP contribution in [0.2, 0.25) is 0 Å². The van der Waals surface area contributed by atoms with Crippen molar-refractivity contribution in [3.05, 3.63) is 35.4 Å². The third kappa shape index (κ3) is 6.67. The molecule has 21 heavy (non-hydrogen) atoms. The van der Waals surface area contributed by atoms with Crippen LogP contribution in [0.5, 0.6) is 0 Å². The minimum atomic E-state index is -0.851.